The van der Waals surface area contributed by atoms with E-state index >= 15 is 0 Å². The third-order valence-electron chi connectivity index (χ3n) is 3.55. The van der Waals surface area contributed by atoms with E-state index in [9.17, 15) is 8.42 Å². The maximum atomic E-state index is 13.0. The number of rotatable bonds is 8. The van der Waals surface area contributed by atoms with Crippen molar-refractivity contribution in [3.8, 4) is 0 Å². The highest BCUT2D eigenvalue weighted by molar-refractivity contribution is 7.89. The smallest absolute Gasteiger partial charge is 0.244 e. The molecule has 1 heterocycles. The van der Waals surface area contributed by atoms with Crippen LogP contribution in [0.5, 0.6) is 0 Å². The molecular weight excluding hydrogens is 310 g/mol. The van der Waals surface area contributed by atoms with Gasteiger partial charge in [-0.3, -0.25) is 0 Å². The maximum Gasteiger partial charge on any atom is 0.244 e. The molecule has 0 radical (unpaired) electrons. The Balaban J connectivity index is 2.48. The second-order valence-corrected chi connectivity index (χ2v) is 7.12. The van der Waals surface area contributed by atoms with E-state index < -0.39 is 16.1 Å². The topological polar surface area (TPSA) is 50.5 Å². The van der Waals surface area contributed by atoms with Crippen molar-refractivity contribution in [2.24, 2.45) is 0 Å². The van der Waals surface area contributed by atoms with Crippen molar-refractivity contribution in [2.45, 2.75) is 24.3 Å². The van der Waals surface area contributed by atoms with Crippen LogP contribution in [-0.2, 0) is 10.0 Å². The lowest BCUT2D eigenvalue weighted by Gasteiger charge is -2.28. The molecule has 0 bridgehead atoms. The molecule has 1 aromatic heterocycles. The average molecular weight is 331 g/mol. The van der Waals surface area contributed by atoms with Gasteiger partial charge in [0.25, 0.3) is 0 Å². The van der Waals surface area contributed by atoms with Crippen molar-refractivity contribution >= 4 is 10.0 Å². The zero-order valence-electron chi connectivity index (χ0n) is 13.2. The highest BCUT2D eigenvalue weighted by atomic mass is 32.2. The van der Waals surface area contributed by atoms with Gasteiger partial charge in [-0.25, -0.2) is 8.42 Å². The van der Waals surface area contributed by atoms with Gasteiger partial charge >= 0.3 is 0 Å². The molecule has 0 aliphatic rings. The van der Waals surface area contributed by atoms with Crippen LogP contribution in [-0.4, -0.2) is 19.3 Å². The molecule has 0 unspecified atom stereocenters. The molecule has 0 aliphatic heterocycles. The molecule has 122 valence electrons. The van der Waals surface area contributed by atoms with Crippen molar-refractivity contribution in [3.05, 3.63) is 79.3 Å². The lowest BCUT2D eigenvalue weighted by atomic mass is 10.1. The number of furan rings is 1. The monoisotopic (exact) mass is 331 g/mol. The second-order valence-electron chi connectivity index (χ2n) is 5.23. The van der Waals surface area contributed by atoms with Crippen molar-refractivity contribution in [3.63, 3.8) is 0 Å². The first-order chi connectivity index (χ1) is 11.0. The lowest BCUT2D eigenvalue weighted by molar-refractivity contribution is 0.303. The Morgan fingerprint density at radius 2 is 1.87 bits per heavy atom. The third-order valence-corrected chi connectivity index (χ3v) is 5.43. The predicted molar refractivity (Wildman–Crippen MR) is 91.5 cm³/mol. The highest BCUT2D eigenvalue weighted by Crippen LogP contribution is 2.31. The van der Waals surface area contributed by atoms with E-state index in [0.29, 0.717) is 12.2 Å². The number of sulfonamides is 1. The number of benzene rings is 1. The summed E-state index contributed by atoms with van der Waals surface area (Å²) in [5.41, 5.74) is 1.01. The SMILES string of the molecule is C=CC[C@H](c1ccco1)N(CC=C)S(=O)(=O)c1ccc(C)cc1. The first-order valence-electron chi connectivity index (χ1n) is 7.34. The van der Waals surface area contributed by atoms with Gasteiger partial charge in [0.15, 0.2) is 0 Å². The van der Waals surface area contributed by atoms with Gasteiger partial charge in [0, 0.05) is 6.54 Å². The van der Waals surface area contributed by atoms with Crippen molar-refractivity contribution < 1.29 is 12.8 Å². The van der Waals surface area contributed by atoms with Gasteiger partial charge in [-0.1, -0.05) is 29.8 Å². The summed E-state index contributed by atoms with van der Waals surface area (Å²) < 4.78 is 32.9. The van der Waals surface area contributed by atoms with Crippen LogP contribution in [0.4, 0.5) is 0 Å². The zero-order valence-corrected chi connectivity index (χ0v) is 14.0. The van der Waals surface area contributed by atoms with Crippen LogP contribution in [0.25, 0.3) is 0 Å². The molecule has 2 aromatic rings. The summed E-state index contributed by atoms with van der Waals surface area (Å²) >= 11 is 0. The van der Waals surface area contributed by atoms with Crippen LogP contribution in [0.2, 0.25) is 0 Å². The number of nitrogens with zero attached hydrogens (tertiary/aromatic N) is 1. The Hall–Kier alpha value is -2.11. The largest absolute Gasteiger partial charge is 0.468 e. The Labute approximate surface area is 137 Å². The summed E-state index contributed by atoms with van der Waals surface area (Å²) in [7, 11) is -3.67. The molecule has 5 heteroatoms. The molecule has 2 rings (SSSR count). The number of aryl methyl sites for hydroxylation is 1. The van der Waals surface area contributed by atoms with E-state index in [2.05, 4.69) is 13.2 Å². The van der Waals surface area contributed by atoms with Crippen molar-refractivity contribution in [2.75, 3.05) is 6.54 Å². The van der Waals surface area contributed by atoms with E-state index in [0.717, 1.165) is 5.56 Å². The zero-order chi connectivity index (χ0) is 16.9. The first-order valence-corrected chi connectivity index (χ1v) is 8.78. The average Bonchev–Trinajstić information content (AvgIpc) is 3.05. The van der Waals surface area contributed by atoms with E-state index in [1.807, 2.05) is 6.92 Å². The summed E-state index contributed by atoms with van der Waals surface area (Å²) in [5, 5.41) is 0. The second kappa shape index (κ2) is 7.44. The van der Waals surface area contributed by atoms with E-state index in [-0.39, 0.29) is 11.4 Å². The lowest BCUT2D eigenvalue weighted by Crippen LogP contribution is -2.35. The van der Waals surface area contributed by atoms with Gasteiger partial charge in [0.2, 0.25) is 10.0 Å². The minimum Gasteiger partial charge on any atom is -0.468 e. The van der Waals surface area contributed by atoms with Crippen LogP contribution < -0.4 is 0 Å². The summed E-state index contributed by atoms with van der Waals surface area (Å²) in [6.07, 6.45) is 5.25. The Kier molecular flexibility index (Phi) is 5.58. The highest BCUT2D eigenvalue weighted by Gasteiger charge is 2.32. The van der Waals surface area contributed by atoms with Gasteiger partial charge < -0.3 is 4.42 Å². The molecule has 0 amide bonds. The molecule has 23 heavy (non-hydrogen) atoms. The van der Waals surface area contributed by atoms with E-state index in [1.54, 1.807) is 48.6 Å². The van der Waals surface area contributed by atoms with Crippen LogP contribution in [0, 0.1) is 6.92 Å². The fraction of sp³-hybridized carbons (Fsp3) is 0.222. The molecule has 4 nitrogen and oxygen atoms in total. The van der Waals surface area contributed by atoms with Gasteiger partial charge in [-0.2, -0.15) is 4.31 Å². The van der Waals surface area contributed by atoms with Crippen LogP contribution in [0.3, 0.4) is 0 Å². The predicted octanol–water partition coefficient (Wildman–Crippen LogP) is 4.08. The molecule has 0 aliphatic carbocycles. The number of hydrogen-bond acceptors (Lipinski definition) is 3. The number of hydrogen-bond donors (Lipinski definition) is 0. The van der Waals surface area contributed by atoms with Crippen LogP contribution in [0.1, 0.15) is 23.8 Å². The maximum absolute atomic E-state index is 13.0. The van der Waals surface area contributed by atoms with Crippen molar-refractivity contribution in [1.29, 1.82) is 0 Å². The fourth-order valence-electron chi connectivity index (χ4n) is 2.38. The summed E-state index contributed by atoms with van der Waals surface area (Å²) in [6, 6.07) is 9.88. The van der Waals surface area contributed by atoms with Crippen LogP contribution >= 0.6 is 0 Å². The van der Waals surface area contributed by atoms with Crippen LogP contribution in [0.15, 0.2) is 77.3 Å². The molecule has 1 atom stereocenters. The molecule has 1 aromatic carbocycles. The third kappa shape index (κ3) is 3.81. The summed E-state index contributed by atoms with van der Waals surface area (Å²) in [5.74, 6) is 0.586. The molecular formula is C18H21NO3S. The minimum atomic E-state index is -3.67. The molecule has 0 saturated carbocycles. The van der Waals surface area contributed by atoms with E-state index in [4.69, 9.17) is 4.42 Å². The van der Waals surface area contributed by atoms with Gasteiger partial charge in [0.1, 0.15) is 5.76 Å². The van der Waals surface area contributed by atoms with Crippen molar-refractivity contribution in [1.82, 2.24) is 4.31 Å². The fourth-order valence-corrected chi connectivity index (χ4v) is 3.96. The standard InChI is InChI=1S/C18H21NO3S/c1-4-7-17(18-8-6-14-22-18)19(13-5-2)23(20,21)16-11-9-15(3)10-12-16/h4-6,8-12,14,17H,1-2,7,13H2,3H3/t17-/m1/s1. The Morgan fingerprint density at radius 1 is 1.17 bits per heavy atom. The van der Waals surface area contributed by atoms with E-state index in [1.165, 1.54) is 10.6 Å². The summed E-state index contributed by atoms with van der Waals surface area (Å²) in [4.78, 5) is 0.255. The first kappa shape index (κ1) is 17.2. The summed E-state index contributed by atoms with van der Waals surface area (Å²) in [6.45, 7) is 9.52. The molecule has 0 spiro atoms. The van der Waals surface area contributed by atoms with Gasteiger partial charge in [-0.05, 0) is 37.6 Å². The quantitative estimate of drug-likeness (QED) is 0.685. The Bertz CT molecular complexity index is 746. The molecule has 0 saturated heterocycles. The van der Waals surface area contributed by atoms with Gasteiger partial charge in [-0.15, -0.1) is 13.2 Å². The van der Waals surface area contributed by atoms with Gasteiger partial charge in [0.05, 0.1) is 17.2 Å². The minimum absolute atomic E-state index is 0.190. The normalized spacial score (nSPS) is 13.0. The molecule has 0 fully saturated rings. The Morgan fingerprint density at radius 3 is 2.39 bits per heavy atom. The molecule has 0 N–H and O–H groups in total.